The molecule has 1 aliphatic carbocycles. The number of aliphatic imine (C=N–C) groups is 1. The molecule has 0 radical (unpaired) electrons. The Labute approximate surface area is 150 Å². The molecule has 1 aromatic carbocycles. The molecule has 0 N–H and O–H groups in total. The van der Waals surface area contributed by atoms with E-state index in [2.05, 4.69) is 52.0 Å². The molecule has 2 fully saturated rings. The van der Waals surface area contributed by atoms with Gasteiger partial charge in [-0.3, -0.25) is 9.79 Å². The zero-order valence-corrected chi connectivity index (χ0v) is 15.8. The molecule has 2 aliphatic heterocycles. The van der Waals surface area contributed by atoms with Crippen LogP contribution in [0, 0.1) is 17.3 Å². The molecular formula is C21H28N2O2. The van der Waals surface area contributed by atoms with Crippen LogP contribution in [0.1, 0.15) is 52.0 Å². The zero-order valence-electron chi connectivity index (χ0n) is 15.8. The van der Waals surface area contributed by atoms with Crippen LogP contribution < -0.4 is 0 Å². The first kappa shape index (κ1) is 16.8. The molecule has 4 rings (SSSR count). The van der Waals surface area contributed by atoms with Crippen molar-refractivity contribution in [3.8, 4) is 0 Å². The topological polar surface area (TPSA) is 41.9 Å². The molecule has 2 bridgehead atoms. The lowest BCUT2D eigenvalue weighted by Crippen LogP contribution is -2.51. The van der Waals surface area contributed by atoms with Crippen molar-refractivity contribution in [3.05, 3.63) is 35.9 Å². The Morgan fingerprint density at radius 1 is 1.20 bits per heavy atom. The highest BCUT2D eigenvalue weighted by molar-refractivity contribution is 6.01. The van der Waals surface area contributed by atoms with Crippen molar-refractivity contribution in [2.24, 2.45) is 22.2 Å². The largest absolute Gasteiger partial charge is 0.324 e. The van der Waals surface area contributed by atoms with Gasteiger partial charge in [0, 0.05) is 24.8 Å². The van der Waals surface area contributed by atoms with Crippen LogP contribution in [-0.4, -0.2) is 35.5 Å². The third kappa shape index (κ3) is 2.37. The normalized spacial score (nSPS) is 37.7. The number of ether oxygens (including phenoxy) is 1. The second-order valence-corrected chi connectivity index (χ2v) is 8.98. The van der Waals surface area contributed by atoms with Gasteiger partial charge in [-0.1, -0.05) is 58.0 Å². The van der Waals surface area contributed by atoms with Crippen LogP contribution in [0.4, 0.5) is 0 Å². The Morgan fingerprint density at radius 2 is 1.88 bits per heavy atom. The molecule has 134 valence electrons. The van der Waals surface area contributed by atoms with Gasteiger partial charge in [-0.2, -0.15) is 0 Å². The first-order chi connectivity index (χ1) is 11.7. The predicted octanol–water partition coefficient (Wildman–Crippen LogP) is 3.83. The fourth-order valence-electron chi connectivity index (χ4n) is 4.70. The summed E-state index contributed by atoms with van der Waals surface area (Å²) in [6, 6.07) is 10.6. The molecule has 5 atom stereocenters. The number of benzene rings is 1. The maximum absolute atomic E-state index is 13.0. The monoisotopic (exact) mass is 340 g/mol. The van der Waals surface area contributed by atoms with Crippen molar-refractivity contribution in [1.82, 2.24) is 4.90 Å². The number of hydrogen-bond acceptors (Lipinski definition) is 3. The van der Waals surface area contributed by atoms with E-state index in [4.69, 9.17) is 9.73 Å². The molecule has 1 saturated heterocycles. The maximum atomic E-state index is 13.0. The Hall–Kier alpha value is -1.68. The van der Waals surface area contributed by atoms with Gasteiger partial charge < -0.3 is 9.64 Å². The van der Waals surface area contributed by atoms with Crippen molar-refractivity contribution in [3.63, 3.8) is 0 Å². The first-order valence-electron chi connectivity index (χ1n) is 9.31. The summed E-state index contributed by atoms with van der Waals surface area (Å²) in [5.41, 5.74) is 1.65. The fourth-order valence-corrected chi connectivity index (χ4v) is 4.70. The molecule has 0 aromatic heterocycles. The molecule has 2 heterocycles. The van der Waals surface area contributed by atoms with Crippen LogP contribution in [0.15, 0.2) is 35.3 Å². The van der Waals surface area contributed by atoms with Crippen molar-refractivity contribution >= 4 is 11.6 Å². The van der Waals surface area contributed by atoms with Crippen LogP contribution in [0.25, 0.3) is 0 Å². The van der Waals surface area contributed by atoms with Crippen molar-refractivity contribution in [1.29, 1.82) is 0 Å². The van der Waals surface area contributed by atoms with Crippen LogP contribution >= 0.6 is 0 Å². The number of fused-ring (bicyclic) bond motifs is 1. The van der Waals surface area contributed by atoms with E-state index >= 15 is 0 Å². The van der Waals surface area contributed by atoms with Crippen molar-refractivity contribution in [2.45, 2.75) is 58.4 Å². The fraction of sp³-hybridized carbons (Fsp3) is 0.619. The van der Waals surface area contributed by atoms with Gasteiger partial charge in [0.25, 0.3) is 0 Å². The molecule has 1 aromatic rings. The minimum Gasteiger partial charge on any atom is -0.324 e. The zero-order chi connectivity index (χ0) is 18.0. The predicted molar refractivity (Wildman–Crippen MR) is 98.3 cm³/mol. The van der Waals surface area contributed by atoms with E-state index in [-0.39, 0.29) is 29.4 Å². The van der Waals surface area contributed by atoms with Gasteiger partial charge in [0.05, 0.1) is 5.71 Å². The number of likely N-dealkylation sites (tertiary alicyclic amines) is 1. The number of rotatable bonds is 1. The van der Waals surface area contributed by atoms with E-state index < -0.39 is 5.72 Å². The standard InChI is InChI=1S/C21H28N2O2/c1-13-15(14-9-7-6-8-10-14)11-17-21(12-16(13)18(24)23(21)5)25-19(22-17)20(2,3)4/h6-10,13,15-16,19H,11-12H2,1-5H3/t13-,15+,16+,19-,21+/m1/s1. The second-order valence-electron chi connectivity index (χ2n) is 8.98. The van der Waals surface area contributed by atoms with Gasteiger partial charge >= 0.3 is 0 Å². The molecule has 1 amide bonds. The molecule has 4 heteroatoms. The number of carbonyl (C=O) groups excluding carboxylic acids is 1. The first-order valence-corrected chi connectivity index (χ1v) is 9.31. The average molecular weight is 340 g/mol. The van der Waals surface area contributed by atoms with E-state index in [0.717, 1.165) is 18.6 Å². The van der Waals surface area contributed by atoms with E-state index in [1.165, 1.54) is 5.56 Å². The maximum Gasteiger partial charge on any atom is 0.228 e. The molecule has 25 heavy (non-hydrogen) atoms. The average Bonchev–Trinajstić information content (AvgIpc) is 3.03. The highest BCUT2D eigenvalue weighted by Gasteiger charge is 2.62. The summed E-state index contributed by atoms with van der Waals surface area (Å²) in [6.45, 7) is 8.66. The SMILES string of the molecule is C[C@H]1[C@@H]2C[C@@]3(O[C@H](C(C)(C)C)N=C3C[C@@H]1c1ccccc1)N(C)C2=O. The minimum atomic E-state index is -0.627. The lowest BCUT2D eigenvalue weighted by Gasteiger charge is -2.36. The van der Waals surface area contributed by atoms with Gasteiger partial charge in [-0.15, -0.1) is 0 Å². The molecule has 1 spiro atoms. The highest BCUT2D eigenvalue weighted by atomic mass is 16.6. The molecule has 3 aliphatic rings. The van der Waals surface area contributed by atoms with Crippen LogP contribution in [-0.2, 0) is 9.53 Å². The Balaban J connectivity index is 1.80. The number of hydrogen-bond donors (Lipinski definition) is 0. The van der Waals surface area contributed by atoms with E-state index in [1.54, 1.807) is 0 Å². The Bertz CT molecular complexity index is 721. The second kappa shape index (κ2) is 5.41. The number of nitrogens with zero attached hydrogens (tertiary/aromatic N) is 2. The third-order valence-corrected chi connectivity index (χ3v) is 6.37. The summed E-state index contributed by atoms with van der Waals surface area (Å²) >= 11 is 0. The summed E-state index contributed by atoms with van der Waals surface area (Å²) < 4.78 is 6.50. The van der Waals surface area contributed by atoms with Gasteiger partial charge in [0.15, 0.2) is 12.0 Å². The van der Waals surface area contributed by atoms with Gasteiger partial charge in [-0.05, 0) is 23.8 Å². The number of carbonyl (C=O) groups is 1. The van der Waals surface area contributed by atoms with Crippen LogP contribution in [0.5, 0.6) is 0 Å². The van der Waals surface area contributed by atoms with Gasteiger partial charge in [0.2, 0.25) is 5.91 Å². The number of amides is 1. The minimum absolute atomic E-state index is 0.00150. The van der Waals surface area contributed by atoms with Crippen molar-refractivity contribution in [2.75, 3.05) is 7.05 Å². The van der Waals surface area contributed by atoms with Crippen molar-refractivity contribution < 1.29 is 9.53 Å². The quantitative estimate of drug-likeness (QED) is 0.780. The van der Waals surface area contributed by atoms with Gasteiger partial charge in [-0.25, -0.2) is 0 Å². The summed E-state index contributed by atoms with van der Waals surface area (Å²) in [6.07, 6.45) is 1.41. The smallest absolute Gasteiger partial charge is 0.228 e. The van der Waals surface area contributed by atoms with E-state index in [1.807, 2.05) is 18.0 Å². The van der Waals surface area contributed by atoms with Gasteiger partial charge in [0.1, 0.15) is 0 Å². The Kier molecular flexibility index (Phi) is 3.63. The molecular weight excluding hydrogens is 312 g/mol. The van der Waals surface area contributed by atoms with Crippen LogP contribution in [0.2, 0.25) is 0 Å². The molecule has 1 saturated carbocycles. The van der Waals surface area contributed by atoms with E-state index in [9.17, 15) is 4.79 Å². The van der Waals surface area contributed by atoms with E-state index in [0.29, 0.717) is 5.92 Å². The highest BCUT2D eigenvalue weighted by Crippen LogP contribution is 2.53. The lowest BCUT2D eigenvalue weighted by molar-refractivity contribution is -0.152. The van der Waals surface area contributed by atoms with Crippen LogP contribution in [0.3, 0.4) is 0 Å². The molecule has 0 unspecified atom stereocenters. The lowest BCUT2D eigenvalue weighted by atomic mass is 9.78. The third-order valence-electron chi connectivity index (χ3n) is 6.37. The summed E-state index contributed by atoms with van der Waals surface area (Å²) in [5, 5.41) is 0. The molecule has 4 nitrogen and oxygen atoms in total. The summed E-state index contributed by atoms with van der Waals surface area (Å²) in [5.74, 6) is 0.797. The summed E-state index contributed by atoms with van der Waals surface area (Å²) in [7, 11) is 1.89. The summed E-state index contributed by atoms with van der Waals surface area (Å²) in [4.78, 5) is 19.9. The Morgan fingerprint density at radius 3 is 2.52 bits per heavy atom.